The number of hydrogen-bond acceptors (Lipinski definition) is 2. The van der Waals surface area contributed by atoms with Crippen LogP contribution in [0.2, 0.25) is 5.02 Å². The average molecular weight is 264 g/mol. The van der Waals surface area contributed by atoms with E-state index in [1.165, 1.54) is 0 Å². The zero-order valence-corrected chi connectivity index (χ0v) is 11.0. The Morgan fingerprint density at radius 1 is 1.33 bits per heavy atom. The normalized spacial score (nSPS) is 10.4. The topological polar surface area (TPSA) is 42.2 Å². The van der Waals surface area contributed by atoms with Crippen LogP contribution in [0, 0.1) is 6.92 Å². The highest BCUT2D eigenvalue weighted by molar-refractivity contribution is 6.31. The largest absolute Gasteiger partial charge is 0.456 e. The first kappa shape index (κ1) is 12.7. The van der Waals surface area contributed by atoms with Gasteiger partial charge in [0.15, 0.2) is 5.76 Å². The number of aryl methyl sites for hydroxylation is 2. The van der Waals surface area contributed by atoms with Crippen molar-refractivity contribution in [3.63, 3.8) is 0 Å². The number of anilines is 1. The van der Waals surface area contributed by atoms with Crippen LogP contribution in [0.25, 0.3) is 0 Å². The average Bonchev–Trinajstić information content (AvgIpc) is 2.82. The number of amides is 1. The predicted molar refractivity (Wildman–Crippen MR) is 72.2 cm³/mol. The van der Waals surface area contributed by atoms with E-state index in [4.69, 9.17) is 16.0 Å². The Bertz CT molecular complexity index is 575. The summed E-state index contributed by atoms with van der Waals surface area (Å²) in [5, 5.41) is 3.37. The van der Waals surface area contributed by atoms with Crippen LogP contribution in [-0.2, 0) is 6.42 Å². The number of rotatable bonds is 3. The van der Waals surface area contributed by atoms with Gasteiger partial charge in [-0.1, -0.05) is 24.6 Å². The molecule has 1 aromatic carbocycles. The minimum Gasteiger partial charge on any atom is -0.456 e. The van der Waals surface area contributed by atoms with E-state index in [9.17, 15) is 4.79 Å². The van der Waals surface area contributed by atoms with Crippen LogP contribution in [-0.4, -0.2) is 5.91 Å². The maximum absolute atomic E-state index is 11.9. The van der Waals surface area contributed by atoms with Gasteiger partial charge in [0.05, 0.1) is 0 Å². The van der Waals surface area contributed by atoms with Gasteiger partial charge in [0, 0.05) is 17.1 Å². The van der Waals surface area contributed by atoms with Gasteiger partial charge >= 0.3 is 0 Å². The predicted octanol–water partition coefficient (Wildman–Crippen LogP) is 4.06. The molecule has 0 atom stereocenters. The minimum absolute atomic E-state index is 0.269. The van der Waals surface area contributed by atoms with Gasteiger partial charge in [0.25, 0.3) is 5.91 Å². The Hall–Kier alpha value is -1.74. The van der Waals surface area contributed by atoms with Crippen LogP contribution in [0.1, 0.15) is 28.8 Å². The molecule has 0 radical (unpaired) electrons. The SMILES string of the molecule is CCc1ccc(C(=O)Nc2ccc(C)c(Cl)c2)o1. The lowest BCUT2D eigenvalue weighted by Gasteiger charge is -2.05. The molecule has 0 aliphatic carbocycles. The summed E-state index contributed by atoms with van der Waals surface area (Å²) in [5.74, 6) is 0.834. The number of benzene rings is 1. The van der Waals surface area contributed by atoms with E-state index in [-0.39, 0.29) is 5.91 Å². The summed E-state index contributed by atoms with van der Waals surface area (Å²) in [7, 11) is 0. The van der Waals surface area contributed by atoms with Crippen LogP contribution in [0.15, 0.2) is 34.7 Å². The highest BCUT2D eigenvalue weighted by Gasteiger charge is 2.11. The highest BCUT2D eigenvalue weighted by Crippen LogP contribution is 2.20. The second-order valence-corrected chi connectivity index (χ2v) is 4.44. The lowest BCUT2D eigenvalue weighted by molar-refractivity contribution is 0.0995. The summed E-state index contributed by atoms with van der Waals surface area (Å²) in [5.41, 5.74) is 1.63. The van der Waals surface area contributed by atoms with E-state index >= 15 is 0 Å². The molecule has 0 bridgehead atoms. The molecule has 2 aromatic rings. The summed E-state index contributed by atoms with van der Waals surface area (Å²) in [6.07, 6.45) is 0.767. The van der Waals surface area contributed by atoms with Crippen LogP contribution in [0.5, 0.6) is 0 Å². The van der Waals surface area contributed by atoms with Crippen molar-refractivity contribution in [1.82, 2.24) is 0 Å². The first-order valence-electron chi connectivity index (χ1n) is 5.76. The maximum Gasteiger partial charge on any atom is 0.291 e. The summed E-state index contributed by atoms with van der Waals surface area (Å²) in [6.45, 7) is 3.88. The molecule has 1 aromatic heterocycles. The lowest BCUT2D eigenvalue weighted by Crippen LogP contribution is -2.10. The van der Waals surface area contributed by atoms with E-state index in [1.54, 1.807) is 18.2 Å². The first-order valence-corrected chi connectivity index (χ1v) is 6.14. The van der Waals surface area contributed by atoms with Gasteiger partial charge in [0.1, 0.15) is 5.76 Å². The number of furan rings is 1. The van der Waals surface area contributed by atoms with Gasteiger partial charge in [0.2, 0.25) is 0 Å². The standard InChI is InChI=1S/C14H14ClNO2/c1-3-11-6-7-13(18-11)14(17)16-10-5-4-9(2)12(15)8-10/h4-8H,3H2,1-2H3,(H,16,17). The smallest absolute Gasteiger partial charge is 0.291 e. The number of hydrogen-bond donors (Lipinski definition) is 1. The molecular weight excluding hydrogens is 250 g/mol. The van der Waals surface area contributed by atoms with Crippen molar-refractivity contribution >= 4 is 23.2 Å². The zero-order chi connectivity index (χ0) is 13.1. The van der Waals surface area contributed by atoms with Crippen LogP contribution in [0.4, 0.5) is 5.69 Å². The molecule has 18 heavy (non-hydrogen) atoms. The highest BCUT2D eigenvalue weighted by atomic mass is 35.5. The molecule has 0 aliphatic heterocycles. The maximum atomic E-state index is 11.9. The molecule has 1 heterocycles. The van der Waals surface area contributed by atoms with Crippen molar-refractivity contribution in [2.75, 3.05) is 5.32 Å². The molecule has 1 amide bonds. The van der Waals surface area contributed by atoms with Crippen LogP contribution in [0.3, 0.4) is 0 Å². The quantitative estimate of drug-likeness (QED) is 0.907. The van der Waals surface area contributed by atoms with E-state index in [0.29, 0.717) is 16.5 Å². The molecule has 0 saturated carbocycles. The molecular formula is C14H14ClNO2. The molecule has 0 spiro atoms. The molecule has 94 valence electrons. The fourth-order valence-electron chi connectivity index (χ4n) is 1.55. The van der Waals surface area contributed by atoms with Crippen molar-refractivity contribution in [1.29, 1.82) is 0 Å². The Kier molecular flexibility index (Phi) is 3.72. The molecule has 0 unspecified atom stereocenters. The van der Waals surface area contributed by atoms with Gasteiger partial charge in [-0.25, -0.2) is 0 Å². The second kappa shape index (κ2) is 5.27. The third-order valence-corrected chi connectivity index (χ3v) is 3.07. The third kappa shape index (κ3) is 2.74. The lowest BCUT2D eigenvalue weighted by atomic mass is 10.2. The number of carbonyl (C=O) groups excluding carboxylic acids is 1. The van der Waals surface area contributed by atoms with Crippen molar-refractivity contribution in [3.8, 4) is 0 Å². The van der Waals surface area contributed by atoms with Gasteiger partial charge in [-0.3, -0.25) is 4.79 Å². The Morgan fingerprint density at radius 2 is 2.11 bits per heavy atom. The first-order chi connectivity index (χ1) is 8.60. The van der Waals surface area contributed by atoms with E-state index in [1.807, 2.05) is 26.0 Å². The molecule has 4 heteroatoms. The van der Waals surface area contributed by atoms with Gasteiger partial charge < -0.3 is 9.73 Å². The Morgan fingerprint density at radius 3 is 2.72 bits per heavy atom. The van der Waals surface area contributed by atoms with Crippen molar-refractivity contribution in [3.05, 3.63) is 52.4 Å². The number of halogens is 1. The van der Waals surface area contributed by atoms with Gasteiger partial charge in [-0.05, 0) is 36.8 Å². The third-order valence-electron chi connectivity index (χ3n) is 2.66. The van der Waals surface area contributed by atoms with Crippen LogP contribution >= 0.6 is 11.6 Å². The summed E-state index contributed by atoms with van der Waals surface area (Å²) >= 11 is 6.00. The second-order valence-electron chi connectivity index (χ2n) is 4.04. The molecule has 0 fully saturated rings. The molecule has 2 rings (SSSR count). The Labute approximate surface area is 111 Å². The summed E-state index contributed by atoms with van der Waals surface area (Å²) in [4.78, 5) is 11.9. The van der Waals surface area contributed by atoms with Crippen molar-refractivity contribution < 1.29 is 9.21 Å². The summed E-state index contributed by atoms with van der Waals surface area (Å²) < 4.78 is 5.38. The van der Waals surface area contributed by atoms with Gasteiger partial charge in [-0.15, -0.1) is 0 Å². The van der Waals surface area contributed by atoms with Crippen molar-refractivity contribution in [2.45, 2.75) is 20.3 Å². The number of carbonyl (C=O) groups is 1. The monoisotopic (exact) mass is 263 g/mol. The van der Waals surface area contributed by atoms with E-state index < -0.39 is 0 Å². The van der Waals surface area contributed by atoms with Crippen LogP contribution < -0.4 is 5.32 Å². The molecule has 3 nitrogen and oxygen atoms in total. The molecule has 1 N–H and O–H groups in total. The Balaban J connectivity index is 2.13. The van der Waals surface area contributed by atoms with Gasteiger partial charge in [-0.2, -0.15) is 0 Å². The zero-order valence-electron chi connectivity index (χ0n) is 10.3. The van der Waals surface area contributed by atoms with E-state index in [0.717, 1.165) is 17.7 Å². The van der Waals surface area contributed by atoms with E-state index in [2.05, 4.69) is 5.32 Å². The van der Waals surface area contributed by atoms with Crippen molar-refractivity contribution in [2.24, 2.45) is 0 Å². The number of nitrogens with one attached hydrogen (secondary N) is 1. The molecule has 0 saturated heterocycles. The summed E-state index contributed by atoms with van der Waals surface area (Å²) in [6, 6.07) is 8.86. The fraction of sp³-hybridized carbons (Fsp3) is 0.214. The fourth-order valence-corrected chi connectivity index (χ4v) is 1.73. The minimum atomic E-state index is -0.269. The molecule has 0 aliphatic rings.